The molecule has 0 saturated carbocycles. The minimum absolute atomic E-state index is 0.0375. The van der Waals surface area contributed by atoms with Crippen LogP contribution in [-0.2, 0) is 16.1 Å². The van der Waals surface area contributed by atoms with E-state index >= 15 is 0 Å². The van der Waals surface area contributed by atoms with Crippen molar-refractivity contribution < 1.29 is 34.0 Å². The van der Waals surface area contributed by atoms with Gasteiger partial charge >= 0.3 is 5.97 Å². The van der Waals surface area contributed by atoms with Crippen LogP contribution in [0.25, 0.3) is 22.3 Å². The predicted molar refractivity (Wildman–Crippen MR) is 163 cm³/mol. The summed E-state index contributed by atoms with van der Waals surface area (Å²) in [4.78, 5) is 25.8. The molecule has 0 aliphatic rings. The molecule has 0 bridgehead atoms. The molecule has 1 unspecified atom stereocenters. The number of carbonyl (C=O) groups excluding carboxylic acids is 1. The number of carbonyl (C=O) groups is 1. The molecule has 220 valence electrons. The van der Waals surface area contributed by atoms with Gasteiger partial charge in [0.1, 0.15) is 29.1 Å². The first kappa shape index (κ1) is 29.3. The maximum absolute atomic E-state index is 13.2. The molecular formula is C35H32O8. The quantitative estimate of drug-likeness (QED) is 0.126. The lowest BCUT2D eigenvalue weighted by Crippen LogP contribution is -2.12. The van der Waals surface area contributed by atoms with E-state index in [9.17, 15) is 24.9 Å². The second kappa shape index (κ2) is 12.3. The molecule has 43 heavy (non-hydrogen) atoms. The van der Waals surface area contributed by atoms with Gasteiger partial charge in [0, 0.05) is 23.1 Å². The van der Waals surface area contributed by atoms with Crippen molar-refractivity contribution in [2.45, 2.75) is 38.7 Å². The summed E-state index contributed by atoms with van der Waals surface area (Å²) in [7, 11) is 1.24. The van der Waals surface area contributed by atoms with Crippen molar-refractivity contribution in [3.63, 3.8) is 0 Å². The van der Waals surface area contributed by atoms with Crippen molar-refractivity contribution >= 4 is 16.9 Å². The first-order chi connectivity index (χ1) is 20.7. The predicted octanol–water partition coefficient (Wildman–Crippen LogP) is 6.97. The van der Waals surface area contributed by atoms with Gasteiger partial charge in [0.05, 0.1) is 13.5 Å². The number of methoxy groups -OCH3 is 1. The van der Waals surface area contributed by atoms with E-state index in [1.807, 2.05) is 18.2 Å². The van der Waals surface area contributed by atoms with E-state index in [4.69, 9.17) is 13.9 Å². The second-order valence-electron chi connectivity index (χ2n) is 10.6. The fourth-order valence-electron chi connectivity index (χ4n) is 5.04. The van der Waals surface area contributed by atoms with Crippen LogP contribution in [0.2, 0.25) is 0 Å². The highest BCUT2D eigenvalue weighted by Gasteiger charge is 2.31. The van der Waals surface area contributed by atoms with Crippen molar-refractivity contribution in [2.24, 2.45) is 0 Å². The second-order valence-corrected chi connectivity index (χ2v) is 10.6. The van der Waals surface area contributed by atoms with Crippen LogP contribution >= 0.6 is 0 Å². The first-order valence-electron chi connectivity index (χ1n) is 13.9. The van der Waals surface area contributed by atoms with Gasteiger partial charge in [-0.25, -0.2) is 0 Å². The van der Waals surface area contributed by atoms with E-state index in [1.54, 1.807) is 48.5 Å². The number of phenols is 3. The van der Waals surface area contributed by atoms with Crippen LogP contribution in [0, 0.1) is 0 Å². The smallest absolute Gasteiger partial charge is 0.306 e. The Labute approximate surface area is 248 Å². The summed E-state index contributed by atoms with van der Waals surface area (Å²) in [5.74, 6) is -2.74. The molecule has 8 heteroatoms. The van der Waals surface area contributed by atoms with Gasteiger partial charge in [0.2, 0.25) is 5.75 Å². The largest absolute Gasteiger partial charge is 0.504 e. The van der Waals surface area contributed by atoms with Gasteiger partial charge in [-0.15, -0.1) is 0 Å². The maximum atomic E-state index is 13.2. The Balaban J connectivity index is 1.57. The molecule has 0 saturated heterocycles. The Morgan fingerprint density at radius 1 is 0.837 bits per heavy atom. The minimum Gasteiger partial charge on any atom is -0.504 e. The molecule has 5 rings (SSSR count). The Kier molecular flexibility index (Phi) is 8.39. The number of hydrogen-bond donors (Lipinski definition) is 3. The summed E-state index contributed by atoms with van der Waals surface area (Å²) in [6.07, 6.45) is -0.259. The third-order valence-electron chi connectivity index (χ3n) is 7.47. The molecule has 5 aromatic rings. The van der Waals surface area contributed by atoms with Gasteiger partial charge in [-0.3, -0.25) is 9.59 Å². The van der Waals surface area contributed by atoms with E-state index in [1.165, 1.54) is 18.7 Å². The van der Waals surface area contributed by atoms with Crippen LogP contribution in [-0.4, -0.2) is 28.4 Å². The summed E-state index contributed by atoms with van der Waals surface area (Å²) < 4.78 is 17.0. The first-order valence-corrected chi connectivity index (χ1v) is 13.9. The van der Waals surface area contributed by atoms with E-state index < -0.39 is 34.6 Å². The zero-order valence-corrected chi connectivity index (χ0v) is 24.0. The molecule has 0 aliphatic carbocycles. The summed E-state index contributed by atoms with van der Waals surface area (Å²) in [6.45, 7) is 4.63. The number of fused-ring (bicyclic) bond motifs is 1. The highest BCUT2D eigenvalue weighted by Crippen LogP contribution is 2.49. The molecule has 0 radical (unpaired) electrons. The van der Waals surface area contributed by atoms with E-state index in [0.717, 1.165) is 5.56 Å². The Hall–Kier alpha value is -5.24. The Morgan fingerprint density at radius 2 is 1.49 bits per heavy atom. The molecule has 1 atom stereocenters. The van der Waals surface area contributed by atoms with Crippen molar-refractivity contribution in [3.8, 4) is 34.3 Å². The Morgan fingerprint density at radius 3 is 2.12 bits per heavy atom. The monoisotopic (exact) mass is 580 g/mol. The van der Waals surface area contributed by atoms with Crippen molar-refractivity contribution in [3.05, 3.63) is 117 Å². The van der Waals surface area contributed by atoms with Crippen molar-refractivity contribution in [1.82, 2.24) is 0 Å². The van der Waals surface area contributed by atoms with Gasteiger partial charge < -0.3 is 29.2 Å². The summed E-state index contributed by atoms with van der Waals surface area (Å²) >= 11 is 0. The van der Waals surface area contributed by atoms with Gasteiger partial charge in [-0.1, -0.05) is 80.6 Å². The Bertz CT molecular complexity index is 1800. The number of benzene rings is 4. The van der Waals surface area contributed by atoms with Crippen LogP contribution in [0.4, 0.5) is 0 Å². The third kappa shape index (κ3) is 6.04. The van der Waals surface area contributed by atoms with Crippen molar-refractivity contribution in [2.75, 3.05) is 7.11 Å². The van der Waals surface area contributed by atoms with E-state index in [0.29, 0.717) is 29.4 Å². The zero-order valence-electron chi connectivity index (χ0n) is 24.0. The standard InChI is InChI=1S/C35H32O8/c1-20(2)22-11-9-21(10-12-22)19-42-25-15-13-23(14-16-25)26(17-29(37)41-3)30-32(38)34(40)33(39)31-27(36)18-28(43-35(30)31)24-7-5-4-6-8-24/h4-16,18,20,26,38-40H,17,19H2,1-3H3. The summed E-state index contributed by atoms with van der Waals surface area (Å²) in [5, 5.41) is 32.1. The molecule has 1 aromatic heterocycles. The summed E-state index contributed by atoms with van der Waals surface area (Å²) in [5.41, 5.74) is 2.57. The maximum Gasteiger partial charge on any atom is 0.306 e. The zero-order chi connectivity index (χ0) is 30.7. The highest BCUT2D eigenvalue weighted by atomic mass is 16.5. The molecular weight excluding hydrogens is 548 g/mol. The number of esters is 1. The van der Waals surface area contributed by atoms with Gasteiger partial charge in [0.25, 0.3) is 0 Å². The van der Waals surface area contributed by atoms with E-state index in [-0.39, 0.29) is 28.7 Å². The minimum atomic E-state index is -0.923. The van der Waals surface area contributed by atoms with Crippen LogP contribution < -0.4 is 10.2 Å². The molecule has 0 fully saturated rings. The fraction of sp³-hybridized carbons (Fsp3) is 0.200. The number of hydrogen-bond acceptors (Lipinski definition) is 8. The molecule has 8 nitrogen and oxygen atoms in total. The van der Waals surface area contributed by atoms with Crippen molar-refractivity contribution in [1.29, 1.82) is 0 Å². The topological polar surface area (TPSA) is 126 Å². The molecule has 4 aromatic carbocycles. The average molecular weight is 581 g/mol. The lowest BCUT2D eigenvalue weighted by atomic mass is 9.86. The lowest BCUT2D eigenvalue weighted by Gasteiger charge is -2.21. The SMILES string of the molecule is COC(=O)CC(c1ccc(OCc2ccc(C(C)C)cc2)cc1)c1c(O)c(O)c(O)c2c(=O)cc(-c3ccccc3)oc12. The number of phenolic OH excluding ortho intramolecular Hbond substituents is 3. The molecule has 0 amide bonds. The molecule has 3 N–H and O–H groups in total. The fourth-order valence-corrected chi connectivity index (χ4v) is 5.04. The lowest BCUT2D eigenvalue weighted by molar-refractivity contribution is -0.140. The van der Waals surface area contributed by atoms with Gasteiger partial charge in [-0.05, 0) is 34.7 Å². The van der Waals surface area contributed by atoms with Crippen LogP contribution in [0.15, 0.2) is 94.1 Å². The number of aromatic hydroxyl groups is 3. The number of ether oxygens (including phenoxy) is 2. The molecule has 1 heterocycles. The molecule has 0 aliphatic heterocycles. The third-order valence-corrected chi connectivity index (χ3v) is 7.47. The number of rotatable bonds is 9. The van der Waals surface area contributed by atoms with Gasteiger partial charge in [-0.2, -0.15) is 0 Å². The highest BCUT2D eigenvalue weighted by molar-refractivity contribution is 5.93. The van der Waals surface area contributed by atoms with Crippen LogP contribution in [0.1, 0.15) is 54.4 Å². The van der Waals surface area contributed by atoms with Gasteiger partial charge in [0.15, 0.2) is 16.9 Å². The normalized spacial score (nSPS) is 11.9. The van der Waals surface area contributed by atoms with Crippen LogP contribution in [0.3, 0.4) is 0 Å². The van der Waals surface area contributed by atoms with Crippen LogP contribution in [0.5, 0.6) is 23.0 Å². The summed E-state index contributed by atoms with van der Waals surface area (Å²) in [6, 6.07) is 25.2. The average Bonchev–Trinajstić information content (AvgIpc) is 3.02. The molecule has 0 spiro atoms. The van der Waals surface area contributed by atoms with E-state index in [2.05, 4.69) is 26.0 Å².